The second-order valence-corrected chi connectivity index (χ2v) is 6.80. The van der Waals surface area contributed by atoms with Crippen LogP contribution in [0.25, 0.3) is 11.3 Å². The highest BCUT2D eigenvalue weighted by atomic mass is 35.5. The number of carbonyl (C=O) groups is 1. The molecule has 7 nitrogen and oxygen atoms in total. The van der Waals surface area contributed by atoms with Crippen molar-refractivity contribution >= 4 is 24.1 Å². The van der Waals surface area contributed by atoms with Crippen LogP contribution in [0.15, 0.2) is 28.8 Å². The molecule has 0 bridgehead atoms. The molecule has 0 spiro atoms. The Morgan fingerprint density at radius 1 is 1.30 bits per heavy atom. The van der Waals surface area contributed by atoms with Gasteiger partial charge >= 0.3 is 0 Å². The van der Waals surface area contributed by atoms with E-state index >= 15 is 0 Å². The third-order valence-corrected chi connectivity index (χ3v) is 5.05. The summed E-state index contributed by atoms with van der Waals surface area (Å²) in [5, 5.41) is 10.7. The van der Waals surface area contributed by atoms with Crippen LogP contribution in [0, 0.1) is 0 Å². The molecule has 3 heterocycles. The predicted molar refractivity (Wildman–Crippen MR) is 106 cm³/mol. The van der Waals surface area contributed by atoms with E-state index in [4.69, 9.17) is 9.26 Å². The maximum atomic E-state index is 13.1. The zero-order chi connectivity index (χ0) is 17.9. The van der Waals surface area contributed by atoms with Gasteiger partial charge in [-0.15, -0.1) is 12.4 Å². The largest absolute Gasteiger partial charge is 0.497 e. The molecule has 1 atom stereocenters. The molecule has 2 aliphatic rings. The smallest absolute Gasteiger partial charge is 0.259 e. The molecule has 2 N–H and O–H groups in total. The third-order valence-electron chi connectivity index (χ3n) is 5.05. The van der Waals surface area contributed by atoms with E-state index in [0.717, 1.165) is 56.8 Å². The monoisotopic (exact) mass is 392 g/mol. The number of benzene rings is 1. The van der Waals surface area contributed by atoms with Crippen LogP contribution in [-0.2, 0) is 0 Å². The predicted octanol–water partition coefficient (Wildman–Crippen LogP) is 2.46. The fourth-order valence-electron chi connectivity index (χ4n) is 3.61. The first-order valence-corrected chi connectivity index (χ1v) is 9.17. The van der Waals surface area contributed by atoms with Crippen LogP contribution in [0.3, 0.4) is 0 Å². The Hall–Kier alpha value is -2.25. The number of methoxy groups -OCH3 is 1. The quantitative estimate of drug-likeness (QED) is 0.813. The van der Waals surface area contributed by atoms with Crippen molar-refractivity contribution in [3.8, 4) is 17.1 Å². The number of halogens is 1. The van der Waals surface area contributed by atoms with Crippen molar-refractivity contribution in [2.24, 2.45) is 0 Å². The SMILES string of the molecule is COc1ccc(-c2onc(N3CCCC3)c2C(=O)N[C@H]2CCNC2)cc1.Cl. The van der Waals surface area contributed by atoms with Gasteiger partial charge in [0.2, 0.25) is 0 Å². The number of carbonyl (C=O) groups excluding carboxylic acids is 1. The molecule has 1 aromatic heterocycles. The van der Waals surface area contributed by atoms with E-state index in [9.17, 15) is 4.79 Å². The molecule has 0 unspecified atom stereocenters. The Kier molecular flexibility index (Phi) is 6.23. The van der Waals surface area contributed by atoms with Gasteiger partial charge in [0.1, 0.15) is 11.3 Å². The van der Waals surface area contributed by atoms with Crippen LogP contribution in [0.2, 0.25) is 0 Å². The summed E-state index contributed by atoms with van der Waals surface area (Å²) in [6.07, 6.45) is 3.16. The van der Waals surface area contributed by atoms with Gasteiger partial charge in [-0.25, -0.2) is 0 Å². The number of rotatable bonds is 5. The van der Waals surface area contributed by atoms with Crippen molar-refractivity contribution in [1.29, 1.82) is 0 Å². The first-order valence-electron chi connectivity index (χ1n) is 9.17. The van der Waals surface area contributed by atoms with Gasteiger partial charge in [0.05, 0.1) is 7.11 Å². The van der Waals surface area contributed by atoms with Crippen molar-refractivity contribution in [3.63, 3.8) is 0 Å². The molecule has 4 rings (SSSR count). The first kappa shape index (κ1) is 19.5. The lowest BCUT2D eigenvalue weighted by atomic mass is 10.1. The zero-order valence-corrected chi connectivity index (χ0v) is 16.2. The topological polar surface area (TPSA) is 79.6 Å². The van der Waals surface area contributed by atoms with E-state index < -0.39 is 0 Å². The van der Waals surface area contributed by atoms with Gasteiger partial charge in [0.15, 0.2) is 11.6 Å². The Morgan fingerprint density at radius 2 is 2.04 bits per heavy atom. The summed E-state index contributed by atoms with van der Waals surface area (Å²) >= 11 is 0. The van der Waals surface area contributed by atoms with Gasteiger partial charge in [0.25, 0.3) is 5.91 Å². The minimum Gasteiger partial charge on any atom is -0.497 e. The summed E-state index contributed by atoms with van der Waals surface area (Å²) < 4.78 is 10.9. The highest BCUT2D eigenvalue weighted by molar-refractivity contribution is 6.04. The van der Waals surface area contributed by atoms with Crippen LogP contribution in [0.5, 0.6) is 5.75 Å². The van der Waals surface area contributed by atoms with Gasteiger partial charge in [-0.2, -0.15) is 0 Å². The van der Waals surface area contributed by atoms with Crippen LogP contribution in [0.1, 0.15) is 29.6 Å². The number of aromatic nitrogens is 1. The minimum atomic E-state index is -0.118. The maximum Gasteiger partial charge on any atom is 0.259 e. The maximum absolute atomic E-state index is 13.1. The molecule has 0 saturated carbocycles. The summed E-state index contributed by atoms with van der Waals surface area (Å²) in [7, 11) is 1.63. The minimum absolute atomic E-state index is 0. The lowest BCUT2D eigenvalue weighted by Gasteiger charge is -2.17. The molecule has 146 valence electrons. The Bertz CT molecular complexity index is 766. The molecule has 2 fully saturated rings. The van der Waals surface area contributed by atoms with Gasteiger partial charge in [-0.05, 0) is 50.1 Å². The van der Waals surface area contributed by atoms with E-state index in [2.05, 4.69) is 20.7 Å². The molecule has 1 aromatic carbocycles. The van der Waals surface area contributed by atoms with Crippen molar-refractivity contribution in [2.75, 3.05) is 38.2 Å². The van der Waals surface area contributed by atoms with Crippen molar-refractivity contribution in [2.45, 2.75) is 25.3 Å². The van der Waals surface area contributed by atoms with E-state index in [0.29, 0.717) is 17.1 Å². The second-order valence-electron chi connectivity index (χ2n) is 6.80. The molecular formula is C19H25ClN4O3. The van der Waals surface area contributed by atoms with Crippen molar-refractivity contribution < 1.29 is 14.1 Å². The summed E-state index contributed by atoms with van der Waals surface area (Å²) in [5.74, 6) is 1.80. The standard InChI is InChI=1S/C19H24N4O3.ClH/c1-25-15-6-4-13(5-7-15)17-16(19(24)21-14-8-9-20-12-14)18(22-26-17)23-10-2-3-11-23;/h4-7,14,20H,2-3,8-12H2,1H3,(H,21,24);1H/t14-;/m0./s1. The summed E-state index contributed by atoms with van der Waals surface area (Å²) in [6, 6.07) is 7.64. The van der Waals surface area contributed by atoms with Crippen LogP contribution in [0.4, 0.5) is 5.82 Å². The first-order chi connectivity index (χ1) is 12.8. The van der Waals surface area contributed by atoms with E-state index in [1.807, 2.05) is 24.3 Å². The van der Waals surface area contributed by atoms with Gasteiger partial charge in [-0.1, -0.05) is 5.16 Å². The number of hydrogen-bond donors (Lipinski definition) is 2. The van der Waals surface area contributed by atoms with Crippen LogP contribution < -0.4 is 20.3 Å². The Balaban J connectivity index is 0.00000210. The van der Waals surface area contributed by atoms with E-state index in [-0.39, 0.29) is 24.4 Å². The lowest BCUT2D eigenvalue weighted by molar-refractivity contribution is 0.0941. The van der Waals surface area contributed by atoms with Crippen LogP contribution in [-0.4, -0.2) is 50.4 Å². The highest BCUT2D eigenvalue weighted by Gasteiger charge is 2.30. The molecule has 8 heteroatoms. The van der Waals surface area contributed by atoms with E-state index in [1.54, 1.807) is 7.11 Å². The second kappa shape index (κ2) is 8.63. The Labute approximate surface area is 164 Å². The molecule has 0 aliphatic carbocycles. The number of nitrogens with zero attached hydrogens (tertiary/aromatic N) is 2. The molecule has 0 radical (unpaired) electrons. The lowest BCUT2D eigenvalue weighted by Crippen LogP contribution is -2.37. The number of amides is 1. The normalized spacial score (nSPS) is 19.0. The molecule has 1 amide bonds. The van der Waals surface area contributed by atoms with Gasteiger partial charge in [0, 0.05) is 31.2 Å². The number of ether oxygens (including phenoxy) is 1. The van der Waals surface area contributed by atoms with E-state index in [1.165, 1.54) is 0 Å². The van der Waals surface area contributed by atoms with Crippen LogP contribution >= 0.6 is 12.4 Å². The molecule has 2 aromatic rings. The number of hydrogen-bond acceptors (Lipinski definition) is 6. The average molecular weight is 393 g/mol. The number of nitrogens with one attached hydrogen (secondary N) is 2. The fourth-order valence-corrected chi connectivity index (χ4v) is 3.61. The Morgan fingerprint density at radius 3 is 2.67 bits per heavy atom. The molecule has 2 saturated heterocycles. The average Bonchev–Trinajstić information content (AvgIpc) is 3.41. The van der Waals surface area contributed by atoms with Crippen molar-refractivity contribution in [1.82, 2.24) is 15.8 Å². The summed E-state index contributed by atoms with van der Waals surface area (Å²) in [6.45, 7) is 3.53. The number of anilines is 1. The molecular weight excluding hydrogens is 368 g/mol. The fraction of sp³-hybridized carbons (Fsp3) is 0.474. The van der Waals surface area contributed by atoms with Gasteiger partial charge < -0.3 is 24.8 Å². The van der Waals surface area contributed by atoms with Gasteiger partial charge in [-0.3, -0.25) is 4.79 Å². The molecule has 27 heavy (non-hydrogen) atoms. The van der Waals surface area contributed by atoms with Crippen molar-refractivity contribution in [3.05, 3.63) is 29.8 Å². The summed E-state index contributed by atoms with van der Waals surface area (Å²) in [5.41, 5.74) is 1.35. The summed E-state index contributed by atoms with van der Waals surface area (Å²) in [4.78, 5) is 15.2. The molecule has 2 aliphatic heterocycles. The zero-order valence-electron chi connectivity index (χ0n) is 15.4. The third kappa shape index (κ3) is 4.04. The highest BCUT2D eigenvalue weighted by Crippen LogP contribution is 2.33.